The summed E-state index contributed by atoms with van der Waals surface area (Å²) in [6.07, 6.45) is 17.8. The molecule has 0 saturated heterocycles. The van der Waals surface area contributed by atoms with Crippen molar-refractivity contribution in [1.29, 1.82) is 0 Å². The van der Waals surface area contributed by atoms with Gasteiger partial charge in [-0.3, -0.25) is 0 Å². The highest BCUT2D eigenvalue weighted by Crippen LogP contribution is 2.59. The third-order valence-corrected chi connectivity index (χ3v) is 10.3. The maximum absolute atomic E-state index is 10.6. The molecule has 0 aromatic heterocycles. The highest BCUT2D eigenvalue weighted by molar-refractivity contribution is 5.28. The Bertz CT molecular complexity index is 685. The molecule has 0 aliphatic heterocycles. The molecule has 0 aromatic rings. The first-order valence-electron chi connectivity index (χ1n) is 13.7. The van der Waals surface area contributed by atoms with Crippen molar-refractivity contribution in [2.45, 2.75) is 123 Å². The van der Waals surface area contributed by atoms with Crippen LogP contribution < -0.4 is 0 Å². The molecule has 0 aromatic carbocycles. The summed E-state index contributed by atoms with van der Waals surface area (Å²) in [6.45, 7) is 10.4. The van der Waals surface area contributed by atoms with Crippen LogP contribution in [0.4, 0.5) is 0 Å². The topological polar surface area (TPSA) is 49.7 Å². The Kier molecular flexibility index (Phi) is 7.59. The zero-order chi connectivity index (χ0) is 22.9. The first-order chi connectivity index (χ1) is 15.3. The van der Waals surface area contributed by atoms with Gasteiger partial charge in [0, 0.05) is 12.0 Å². The van der Waals surface area contributed by atoms with Gasteiger partial charge in [0.2, 0.25) is 0 Å². The van der Waals surface area contributed by atoms with Crippen LogP contribution in [0.3, 0.4) is 0 Å². The third-order valence-electron chi connectivity index (χ3n) is 10.3. The van der Waals surface area contributed by atoms with Crippen LogP contribution >= 0.6 is 0 Å². The molecule has 3 nitrogen and oxygen atoms in total. The molecule has 0 radical (unpaired) electrons. The van der Waals surface area contributed by atoms with E-state index >= 15 is 0 Å². The Morgan fingerprint density at radius 1 is 1.03 bits per heavy atom. The zero-order valence-corrected chi connectivity index (χ0v) is 21.1. The van der Waals surface area contributed by atoms with Gasteiger partial charge in [0.25, 0.3) is 0 Å². The molecule has 3 heteroatoms. The van der Waals surface area contributed by atoms with Gasteiger partial charge in [-0.2, -0.15) is 0 Å². The van der Waals surface area contributed by atoms with Crippen molar-refractivity contribution in [2.75, 3.05) is 6.61 Å². The highest BCUT2D eigenvalue weighted by Gasteiger charge is 2.56. The minimum atomic E-state index is -0.360. The van der Waals surface area contributed by atoms with Gasteiger partial charge in [0.15, 0.2) is 0 Å². The SMILES string of the molecule is CCC(CC)CCO[C@H](C)[C@H]1CCC2/C(=C/C=C3C[C@@H](O)C4(CC4)[C@H](O)C3)CCCC21C. The van der Waals surface area contributed by atoms with E-state index in [0.29, 0.717) is 23.4 Å². The average molecular weight is 445 g/mol. The molecule has 6 atom stereocenters. The Morgan fingerprint density at radius 3 is 2.34 bits per heavy atom. The van der Waals surface area contributed by atoms with Gasteiger partial charge in [-0.05, 0) is 94.3 Å². The summed E-state index contributed by atoms with van der Waals surface area (Å²) in [4.78, 5) is 0. The third kappa shape index (κ3) is 4.64. The van der Waals surface area contributed by atoms with Crippen LogP contribution in [0.25, 0.3) is 0 Å². The Morgan fingerprint density at radius 2 is 1.72 bits per heavy atom. The van der Waals surface area contributed by atoms with Crippen molar-refractivity contribution >= 4 is 0 Å². The number of hydrogen-bond donors (Lipinski definition) is 2. The molecule has 4 aliphatic carbocycles. The van der Waals surface area contributed by atoms with Gasteiger partial charge < -0.3 is 14.9 Å². The molecule has 2 unspecified atom stereocenters. The number of rotatable bonds is 8. The molecule has 0 bridgehead atoms. The lowest BCUT2D eigenvalue weighted by molar-refractivity contribution is -0.0291. The number of aliphatic hydroxyl groups is 2. The van der Waals surface area contributed by atoms with E-state index in [1.807, 2.05) is 0 Å². The van der Waals surface area contributed by atoms with Crippen molar-refractivity contribution in [2.24, 2.45) is 28.6 Å². The predicted octanol–water partition coefficient (Wildman–Crippen LogP) is 6.58. The molecular formula is C29H48O3. The van der Waals surface area contributed by atoms with E-state index in [0.717, 1.165) is 38.2 Å². The van der Waals surface area contributed by atoms with Crippen molar-refractivity contribution in [3.05, 3.63) is 23.3 Å². The van der Waals surface area contributed by atoms with Gasteiger partial charge >= 0.3 is 0 Å². The first kappa shape index (κ1) is 24.5. The number of allylic oxidation sites excluding steroid dienone is 3. The fraction of sp³-hybridized carbons (Fsp3) is 0.862. The van der Waals surface area contributed by atoms with E-state index in [1.165, 1.54) is 56.9 Å². The summed E-state index contributed by atoms with van der Waals surface area (Å²) >= 11 is 0. The Labute approximate surface area is 196 Å². The Balaban J connectivity index is 1.39. The van der Waals surface area contributed by atoms with E-state index in [1.54, 1.807) is 5.57 Å². The molecule has 4 rings (SSSR count). The molecule has 182 valence electrons. The van der Waals surface area contributed by atoms with Crippen molar-refractivity contribution in [3.63, 3.8) is 0 Å². The van der Waals surface area contributed by atoms with Crippen molar-refractivity contribution in [1.82, 2.24) is 0 Å². The molecular weight excluding hydrogens is 396 g/mol. The number of aliphatic hydroxyl groups excluding tert-OH is 2. The predicted molar refractivity (Wildman–Crippen MR) is 131 cm³/mol. The summed E-state index contributed by atoms with van der Waals surface area (Å²) in [5.74, 6) is 2.12. The lowest BCUT2D eigenvalue weighted by Crippen LogP contribution is -2.39. The quantitative estimate of drug-likeness (QED) is 0.444. The van der Waals surface area contributed by atoms with Crippen LogP contribution in [0.5, 0.6) is 0 Å². The minimum absolute atomic E-state index is 0.170. The lowest BCUT2D eigenvalue weighted by Gasteiger charge is -2.44. The van der Waals surface area contributed by atoms with Crippen molar-refractivity contribution < 1.29 is 14.9 Å². The fourth-order valence-electron chi connectivity index (χ4n) is 7.66. The largest absolute Gasteiger partial charge is 0.392 e. The van der Waals surface area contributed by atoms with E-state index in [9.17, 15) is 10.2 Å². The normalized spacial score (nSPS) is 38.3. The maximum atomic E-state index is 10.6. The standard InChI is InChI=1S/C29H48O3/c1-5-21(6-2)13-17-32-20(3)24-11-12-25-23(8-7-14-28(24,25)4)10-9-22-18-26(30)29(15-16-29)27(31)19-22/h9-10,20-21,24-27,30-31H,5-8,11-19H2,1-4H3/b23-10+/t20-,24-,25?,26-,27-,28?/m1/s1. The number of ether oxygens (including phenoxy) is 1. The fourth-order valence-corrected chi connectivity index (χ4v) is 7.66. The second-order valence-electron chi connectivity index (χ2n) is 11.9. The number of fused-ring (bicyclic) bond motifs is 1. The van der Waals surface area contributed by atoms with Crippen LogP contribution in [-0.4, -0.2) is 35.1 Å². The maximum Gasteiger partial charge on any atom is 0.0658 e. The summed E-state index contributed by atoms with van der Waals surface area (Å²) in [6, 6.07) is 0. The smallest absolute Gasteiger partial charge is 0.0658 e. The van der Waals surface area contributed by atoms with E-state index in [4.69, 9.17) is 4.74 Å². The summed E-state index contributed by atoms with van der Waals surface area (Å²) in [7, 11) is 0. The average Bonchev–Trinajstić information content (AvgIpc) is 3.50. The monoisotopic (exact) mass is 444 g/mol. The molecule has 32 heavy (non-hydrogen) atoms. The summed E-state index contributed by atoms with van der Waals surface area (Å²) in [5, 5.41) is 21.1. The molecule has 0 amide bonds. The van der Waals surface area contributed by atoms with Crippen LogP contribution in [0.2, 0.25) is 0 Å². The molecule has 4 fully saturated rings. The highest BCUT2D eigenvalue weighted by atomic mass is 16.5. The molecule has 4 saturated carbocycles. The van der Waals surface area contributed by atoms with Gasteiger partial charge in [-0.15, -0.1) is 0 Å². The second kappa shape index (κ2) is 9.92. The number of hydrogen-bond acceptors (Lipinski definition) is 3. The van der Waals surface area contributed by atoms with Crippen LogP contribution in [0.15, 0.2) is 23.3 Å². The Hall–Kier alpha value is -0.640. The van der Waals surface area contributed by atoms with E-state index in [-0.39, 0.29) is 17.6 Å². The minimum Gasteiger partial charge on any atom is -0.392 e. The van der Waals surface area contributed by atoms with E-state index in [2.05, 4.69) is 39.8 Å². The first-order valence-corrected chi connectivity index (χ1v) is 13.7. The molecule has 4 aliphatic rings. The van der Waals surface area contributed by atoms with Gasteiger partial charge in [0.05, 0.1) is 18.3 Å². The van der Waals surface area contributed by atoms with Gasteiger partial charge in [-0.1, -0.05) is 56.9 Å². The molecule has 2 N–H and O–H groups in total. The molecule has 1 spiro atoms. The summed E-state index contributed by atoms with van der Waals surface area (Å²) in [5.41, 5.74) is 3.01. The van der Waals surface area contributed by atoms with Gasteiger partial charge in [0.1, 0.15) is 0 Å². The second-order valence-corrected chi connectivity index (χ2v) is 11.9. The van der Waals surface area contributed by atoms with Crippen molar-refractivity contribution in [3.8, 4) is 0 Å². The van der Waals surface area contributed by atoms with Crippen LogP contribution in [0.1, 0.15) is 105 Å². The molecule has 0 heterocycles. The lowest BCUT2D eigenvalue weighted by atomic mass is 9.62. The van der Waals surface area contributed by atoms with Crippen LogP contribution in [0, 0.1) is 28.6 Å². The zero-order valence-electron chi connectivity index (χ0n) is 21.1. The summed E-state index contributed by atoms with van der Waals surface area (Å²) < 4.78 is 6.43. The van der Waals surface area contributed by atoms with Gasteiger partial charge in [-0.25, -0.2) is 0 Å². The van der Waals surface area contributed by atoms with Crippen LogP contribution in [-0.2, 0) is 4.74 Å². The van der Waals surface area contributed by atoms with E-state index < -0.39 is 0 Å².